The first-order chi connectivity index (χ1) is 8.04. The number of carbonyl (C=O) groups is 1. The van der Waals surface area contributed by atoms with E-state index in [1.54, 1.807) is 13.2 Å². The van der Waals surface area contributed by atoms with Gasteiger partial charge in [0.1, 0.15) is 5.75 Å². The normalized spacial score (nSPS) is 10.5. The molecule has 0 spiro atoms. The fourth-order valence-electron chi connectivity index (χ4n) is 1.33. The van der Waals surface area contributed by atoms with E-state index in [0.29, 0.717) is 17.3 Å². The number of carboxylic acids is 1. The maximum Gasteiger partial charge on any atom is 0.328 e. The number of carboxylic acid groups (broad SMARTS) is 1. The van der Waals surface area contributed by atoms with Crippen molar-refractivity contribution in [1.29, 1.82) is 0 Å². The number of methoxy groups -OCH3 is 1. The van der Waals surface area contributed by atoms with E-state index < -0.39 is 5.97 Å². The smallest absolute Gasteiger partial charge is 0.328 e. The molecule has 4 nitrogen and oxygen atoms in total. The summed E-state index contributed by atoms with van der Waals surface area (Å²) < 4.78 is 5.09. The zero-order valence-corrected chi connectivity index (χ0v) is 10.4. The maximum absolute atomic E-state index is 10.3. The Morgan fingerprint density at radius 3 is 2.88 bits per heavy atom. The Morgan fingerprint density at radius 1 is 1.59 bits per heavy atom. The fraction of sp³-hybridized carbons (Fsp3) is 0.250. The van der Waals surface area contributed by atoms with Gasteiger partial charge < -0.3 is 15.2 Å². The molecular formula is C12H14ClNO3. The van der Waals surface area contributed by atoms with Crippen molar-refractivity contribution in [1.82, 2.24) is 0 Å². The molecule has 2 N–H and O–H groups in total. The molecule has 0 aliphatic heterocycles. The molecule has 0 aromatic heterocycles. The van der Waals surface area contributed by atoms with Crippen LogP contribution in [-0.4, -0.2) is 24.7 Å². The van der Waals surface area contributed by atoms with Gasteiger partial charge in [-0.1, -0.05) is 17.7 Å². The van der Waals surface area contributed by atoms with E-state index in [2.05, 4.69) is 5.32 Å². The molecule has 17 heavy (non-hydrogen) atoms. The molecule has 0 unspecified atom stereocenters. The van der Waals surface area contributed by atoms with Crippen molar-refractivity contribution in [3.8, 4) is 5.75 Å². The third-order valence-electron chi connectivity index (χ3n) is 2.17. The summed E-state index contributed by atoms with van der Waals surface area (Å²) >= 11 is 5.99. The number of anilines is 1. The molecule has 92 valence electrons. The van der Waals surface area contributed by atoms with Crippen LogP contribution in [0.4, 0.5) is 5.69 Å². The highest BCUT2D eigenvalue weighted by Gasteiger charge is 2.05. The van der Waals surface area contributed by atoms with Gasteiger partial charge in [-0.05, 0) is 24.6 Å². The first-order valence-electron chi connectivity index (χ1n) is 5.02. The predicted octanol–water partition coefficient (Wildman–Crippen LogP) is 2.71. The lowest BCUT2D eigenvalue weighted by atomic mass is 10.2. The summed E-state index contributed by atoms with van der Waals surface area (Å²) in [6.07, 6.45) is 2.62. The number of rotatable bonds is 5. The van der Waals surface area contributed by atoms with Gasteiger partial charge in [0.2, 0.25) is 0 Å². The Kier molecular flexibility index (Phi) is 4.84. The van der Waals surface area contributed by atoms with Gasteiger partial charge in [-0.15, -0.1) is 0 Å². The molecule has 0 aliphatic carbocycles. The van der Waals surface area contributed by atoms with Gasteiger partial charge in [-0.25, -0.2) is 4.79 Å². The Hall–Kier alpha value is -1.68. The monoisotopic (exact) mass is 255 g/mol. The largest absolute Gasteiger partial charge is 0.495 e. The van der Waals surface area contributed by atoms with Crippen LogP contribution in [0.25, 0.3) is 0 Å². The van der Waals surface area contributed by atoms with Crippen molar-refractivity contribution >= 4 is 23.3 Å². The van der Waals surface area contributed by atoms with Gasteiger partial charge in [0, 0.05) is 18.3 Å². The molecule has 1 aromatic rings. The third-order valence-corrected chi connectivity index (χ3v) is 2.46. The van der Waals surface area contributed by atoms with Crippen molar-refractivity contribution in [3.05, 3.63) is 34.9 Å². The van der Waals surface area contributed by atoms with Crippen LogP contribution in [0.1, 0.15) is 5.56 Å². The first-order valence-corrected chi connectivity index (χ1v) is 5.40. The molecule has 1 rings (SSSR count). The van der Waals surface area contributed by atoms with Gasteiger partial charge in [-0.2, -0.15) is 0 Å². The standard InChI is InChI=1S/C12H14ClNO3/c1-8-6-11(17-2)9(13)7-10(8)14-5-3-4-12(15)16/h3-4,6-7,14H,5H2,1-2H3,(H,15,16)/b4-3+. The first kappa shape index (κ1) is 13.4. The number of benzene rings is 1. The average molecular weight is 256 g/mol. The van der Waals surface area contributed by atoms with Crippen LogP contribution < -0.4 is 10.1 Å². The summed E-state index contributed by atoms with van der Waals surface area (Å²) in [6.45, 7) is 2.35. The molecule has 0 saturated heterocycles. The van der Waals surface area contributed by atoms with E-state index >= 15 is 0 Å². The number of ether oxygens (including phenoxy) is 1. The molecule has 0 radical (unpaired) electrons. The summed E-state index contributed by atoms with van der Waals surface area (Å²) in [6, 6.07) is 3.58. The highest BCUT2D eigenvalue weighted by Crippen LogP contribution is 2.30. The van der Waals surface area contributed by atoms with Gasteiger partial charge in [0.15, 0.2) is 0 Å². The average Bonchev–Trinajstić information content (AvgIpc) is 2.28. The minimum Gasteiger partial charge on any atom is -0.495 e. The quantitative estimate of drug-likeness (QED) is 0.795. The number of halogens is 1. The van der Waals surface area contributed by atoms with Crippen molar-refractivity contribution < 1.29 is 14.6 Å². The van der Waals surface area contributed by atoms with Gasteiger partial charge >= 0.3 is 5.97 Å². The molecule has 0 amide bonds. The highest BCUT2D eigenvalue weighted by molar-refractivity contribution is 6.32. The van der Waals surface area contributed by atoms with Crippen LogP contribution in [0, 0.1) is 6.92 Å². The molecule has 0 heterocycles. The van der Waals surface area contributed by atoms with E-state index in [0.717, 1.165) is 17.3 Å². The summed E-state index contributed by atoms with van der Waals surface area (Å²) in [7, 11) is 1.56. The molecular weight excluding hydrogens is 242 g/mol. The summed E-state index contributed by atoms with van der Waals surface area (Å²) in [5.41, 5.74) is 1.83. The minimum atomic E-state index is -0.962. The second kappa shape index (κ2) is 6.15. The van der Waals surface area contributed by atoms with Gasteiger partial charge in [0.05, 0.1) is 12.1 Å². The number of hydrogen-bond acceptors (Lipinski definition) is 3. The predicted molar refractivity (Wildman–Crippen MR) is 68.0 cm³/mol. The molecule has 0 bridgehead atoms. The summed E-state index contributed by atoms with van der Waals surface area (Å²) in [4.78, 5) is 10.3. The van der Waals surface area contributed by atoms with E-state index in [9.17, 15) is 4.79 Å². The topological polar surface area (TPSA) is 58.6 Å². The van der Waals surface area contributed by atoms with Gasteiger partial charge in [-0.3, -0.25) is 0 Å². The lowest BCUT2D eigenvalue weighted by Crippen LogP contribution is -2.01. The number of aliphatic carboxylic acids is 1. The molecule has 1 aromatic carbocycles. The van der Waals surface area contributed by atoms with Crippen LogP contribution in [0.15, 0.2) is 24.3 Å². The SMILES string of the molecule is COc1cc(C)c(NC/C=C/C(=O)O)cc1Cl. The van der Waals surface area contributed by atoms with E-state index in [1.165, 1.54) is 6.08 Å². The molecule has 0 aliphatic rings. The Morgan fingerprint density at radius 2 is 2.29 bits per heavy atom. The molecule has 0 fully saturated rings. The molecule has 0 saturated carbocycles. The minimum absolute atomic E-state index is 0.426. The summed E-state index contributed by atoms with van der Waals surface area (Å²) in [5.74, 6) is -0.341. The van der Waals surface area contributed by atoms with Crippen LogP contribution in [0.5, 0.6) is 5.75 Å². The van der Waals surface area contributed by atoms with Crippen LogP contribution in [0.3, 0.4) is 0 Å². The lowest BCUT2D eigenvalue weighted by Gasteiger charge is -2.11. The third kappa shape index (κ3) is 4.00. The highest BCUT2D eigenvalue weighted by atomic mass is 35.5. The zero-order chi connectivity index (χ0) is 12.8. The van der Waals surface area contributed by atoms with E-state index in [-0.39, 0.29) is 0 Å². The number of aryl methyl sites for hydroxylation is 1. The fourth-order valence-corrected chi connectivity index (χ4v) is 1.57. The van der Waals surface area contributed by atoms with Crippen molar-refractivity contribution in [2.24, 2.45) is 0 Å². The van der Waals surface area contributed by atoms with Crippen LogP contribution in [0.2, 0.25) is 5.02 Å². The van der Waals surface area contributed by atoms with E-state index in [4.69, 9.17) is 21.4 Å². The molecule has 5 heteroatoms. The van der Waals surface area contributed by atoms with Crippen LogP contribution in [-0.2, 0) is 4.79 Å². The second-order valence-corrected chi connectivity index (χ2v) is 3.83. The number of nitrogens with one attached hydrogen (secondary N) is 1. The second-order valence-electron chi connectivity index (χ2n) is 3.42. The Labute approximate surface area is 105 Å². The van der Waals surface area contributed by atoms with Gasteiger partial charge in [0.25, 0.3) is 0 Å². The Bertz CT molecular complexity index is 444. The lowest BCUT2D eigenvalue weighted by molar-refractivity contribution is -0.131. The zero-order valence-electron chi connectivity index (χ0n) is 9.66. The van der Waals surface area contributed by atoms with Crippen molar-refractivity contribution in [2.75, 3.05) is 19.0 Å². The van der Waals surface area contributed by atoms with Crippen molar-refractivity contribution in [3.63, 3.8) is 0 Å². The number of hydrogen-bond donors (Lipinski definition) is 2. The van der Waals surface area contributed by atoms with E-state index in [1.807, 2.05) is 13.0 Å². The molecule has 0 atom stereocenters. The maximum atomic E-state index is 10.3. The Balaban J connectivity index is 2.72. The van der Waals surface area contributed by atoms with Crippen LogP contribution >= 0.6 is 11.6 Å². The summed E-state index contributed by atoms with van der Waals surface area (Å²) in [5, 5.41) is 12.0. The van der Waals surface area contributed by atoms with Crippen molar-refractivity contribution in [2.45, 2.75) is 6.92 Å².